The van der Waals surface area contributed by atoms with Crippen LogP contribution in [-0.2, 0) is 24.3 Å². The van der Waals surface area contributed by atoms with E-state index >= 15 is 0 Å². The van der Waals surface area contributed by atoms with Crippen molar-refractivity contribution in [1.82, 2.24) is 4.90 Å². The van der Waals surface area contributed by atoms with E-state index < -0.39 is 0 Å². The number of nitrogens with zero attached hydrogens (tertiary/aromatic N) is 1. The summed E-state index contributed by atoms with van der Waals surface area (Å²) in [5.41, 5.74) is 11.3. The van der Waals surface area contributed by atoms with Crippen LogP contribution in [0.1, 0.15) is 43.4 Å². The molecule has 0 saturated carbocycles. The van der Waals surface area contributed by atoms with Gasteiger partial charge in [-0.1, -0.05) is 44.2 Å². The predicted molar refractivity (Wildman–Crippen MR) is 108 cm³/mol. The Morgan fingerprint density at radius 2 is 1.96 bits per heavy atom. The van der Waals surface area contributed by atoms with Crippen LogP contribution < -0.4 is 11.1 Å². The molecule has 0 saturated heterocycles. The van der Waals surface area contributed by atoms with Crippen LogP contribution in [0.4, 0.5) is 11.4 Å². The normalized spacial score (nSPS) is 13.8. The zero-order valence-electron chi connectivity index (χ0n) is 15.8. The maximum atomic E-state index is 12.4. The highest BCUT2D eigenvalue weighted by Gasteiger charge is 2.22. The number of carbonyl (C=O) groups is 1. The lowest BCUT2D eigenvalue weighted by molar-refractivity contribution is -0.116. The Kier molecular flexibility index (Phi) is 5.94. The molecule has 0 bridgehead atoms. The second kappa shape index (κ2) is 8.37. The van der Waals surface area contributed by atoms with E-state index in [1.165, 1.54) is 17.5 Å². The molecule has 1 aliphatic heterocycles. The molecule has 1 amide bonds. The first kappa shape index (κ1) is 18.5. The van der Waals surface area contributed by atoms with Gasteiger partial charge in [-0.15, -0.1) is 0 Å². The van der Waals surface area contributed by atoms with Crippen LogP contribution in [0.3, 0.4) is 0 Å². The number of anilines is 2. The molecule has 0 radical (unpaired) electrons. The summed E-state index contributed by atoms with van der Waals surface area (Å²) in [4.78, 5) is 14.9. The van der Waals surface area contributed by atoms with Crippen molar-refractivity contribution in [3.63, 3.8) is 0 Å². The van der Waals surface area contributed by atoms with Crippen LogP contribution in [0.5, 0.6) is 0 Å². The molecule has 138 valence electrons. The highest BCUT2D eigenvalue weighted by atomic mass is 16.1. The van der Waals surface area contributed by atoms with E-state index in [9.17, 15) is 4.79 Å². The van der Waals surface area contributed by atoms with Gasteiger partial charge in [-0.05, 0) is 54.1 Å². The Hall–Kier alpha value is -2.33. The minimum absolute atomic E-state index is 0.0438. The number of fused-ring (bicyclic) bond motifs is 1. The van der Waals surface area contributed by atoms with E-state index in [0.29, 0.717) is 18.8 Å². The number of rotatable bonds is 7. The summed E-state index contributed by atoms with van der Waals surface area (Å²) in [6.07, 6.45) is 2.30. The van der Waals surface area contributed by atoms with Gasteiger partial charge in [-0.25, -0.2) is 0 Å². The molecular formula is C22H29N3O. The van der Waals surface area contributed by atoms with Crippen molar-refractivity contribution in [2.24, 2.45) is 5.92 Å². The van der Waals surface area contributed by atoms with Gasteiger partial charge in [0.2, 0.25) is 5.91 Å². The standard InChI is InChI=1S/C22H29N3O/c1-16(2)12-13-25-14-18-7-5-9-21(19(18)15-25)24-22(26)11-10-17-6-3-4-8-20(17)23/h3-9,16H,10-15,23H2,1-2H3,(H,24,26). The van der Waals surface area contributed by atoms with Gasteiger partial charge in [0.25, 0.3) is 0 Å². The zero-order chi connectivity index (χ0) is 18.5. The summed E-state index contributed by atoms with van der Waals surface area (Å²) in [5, 5.41) is 3.11. The van der Waals surface area contributed by atoms with E-state index in [1.54, 1.807) is 0 Å². The molecule has 0 atom stereocenters. The number of nitrogens with one attached hydrogen (secondary N) is 1. The number of aryl methyl sites for hydroxylation is 1. The molecule has 3 rings (SSSR count). The highest BCUT2D eigenvalue weighted by molar-refractivity contribution is 5.92. The zero-order valence-corrected chi connectivity index (χ0v) is 15.8. The third-order valence-corrected chi connectivity index (χ3v) is 5.02. The molecule has 4 nitrogen and oxygen atoms in total. The molecule has 0 aromatic heterocycles. The number of hydrogen-bond acceptors (Lipinski definition) is 3. The van der Waals surface area contributed by atoms with Gasteiger partial charge in [0.15, 0.2) is 0 Å². The smallest absolute Gasteiger partial charge is 0.224 e. The van der Waals surface area contributed by atoms with Gasteiger partial charge < -0.3 is 11.1 Å². The van der Waals surface area contributed by atoms with Crippen molar-refractivity contribution in [1.29, 1.82) is 0 Å². The molecule has 26 heavy (non-hydrogen) atoms. The number of hydrogen-bond donors (Lipinski definition) is 2. The highest BCUT2D eigenvalue weighted by Crippen LogP contribution is 2.30. The second-order valence-corrected chi connectivity index (χ2v) is 7.58. The van der Waals surface area contributed by atoms with Crippen molar-refractivity contribution in [2.75, 3.05) is 17.6 Å². The van der Waals surface area contributed by atoms with Gasteiger partial charge in [-0.2, -0.15) is 0 Å². The molecule has 0 aliphatic carbocycles. The molecule has 1 aliphatic rings. The summed E-state index contributed by atoms with van der Waals surface area (Å²) in [7, 11) is 0. The van der Waals surface area contributed by atoms with Crippen molar-refractivity contribution in [3.8, 4) is 0 Å². The summed E-state index contributed by atoms with van der Waals surface area (Å²) >= 11 is 0. The molecule has 0 spiro atoms. The number of amides is 1. The molecule has 3 N–H and O–H groups in total. The SMILES string of the molecule is CC(C)CCN1Cc2cccc(NC(=O)CCc3ccccc3N)c2C1. The number of nitrogen functional groups attached to an aromatic ring is 1. The average Bonchev–Trinajstić information content (AvgIpc) is 3.03. The van der Waals surface area contributed by atoms with Crippen LogP contribution in [0.2, 0.25) is 0 Å². The first-order chi connectivity index (χ1) is 12.5. The lowest BCUT2D eigenvalue weighted by Crippen LogP contribution is -2.19. The van der Waals surface area contributed by atoms with Crippen LogP contribution >= 0.6 is 0 Å². The molecule has 0 unspecified atom stereocenters. The maximum Gasteiger partial charge on any atom is 0.224 e. The van der Waals surface area contributed by atoms with Gasteiger partial charge in [0.05, 0.1) is 0 Å². The first-order valence-corrected chi connectivity index (χ1v) is 9.49. The quantitative estimate of drug-likeness (QED) is 0.735. The van der Waals surface area contributed by atoms with Crippen molar-refractivity contribution < 1.29 is 4.79 Å². The van der Waals surface area contributed by atoms with Crippen molar-refractivity contribution in [3.05, 3.63) is 59.2 Å². The van der Waals surface area contributed by atoms with Gasteiger partial charge in [0.1, 0.15) is 0 Å². The third-order valence-electron chi connectivity index (χ3n) is 5.02. The number of benzene rings is 2. The van der Waals surface area contributed by atoms with Gasteiger partial charge in [0, 0.05) is 30.9 Å². The summed E-state index contributed by atoms with van der Waals surface area (Å²) in [5.74, 6) is 0.755. The summed E-state index contributed by atoms with van der Waals surface area (Å²) < 4.78 is 0. The van der Waals surface area contributed by atoms with Gasteiger partial charge >= 0.3 is 0 Å². The van der Waals surface area contributed by atoms with E-state index in [1.807, 2.05) is 36.4 Å². The van der Waals surface area contributed by atoms with Gasteiger partial charge in [-0.3, -0.25) is 9.69 Å². The fourth-order valence-corrected chi connectivity index (χ4v) is 3.43. The first-order valence-electron chi connectivity index (χ1n) is 9.49. The largest absolute Gasteiger partial charge is 0.399 e. The Morgan fingerprint density at radius 1 is 1.15 bits per heavy atom. The van der Waals surface area contributed by atoms with Crippen molar-refractivity contribution in [2.45, 2.75) is 46.2 Å². The van der Waals surface area contributed by atoms with Crippen LogP contribution in [0.15, 0.2) is 42.5 Å². The Labute approximate surface area is 156 Å². The minimum Gasteiger partial charge on any atom is -0.399 e. The van der Waals surface area contributed by atoms with E-state index in [4.69, 9.17) is 5.73 Å². The van der Waals surface area contributed by atoms with Crippen LogP contribution in [-0.4, -0.2) is 17.4 Å². The predicted octanol–water partition coefficient (Wildman–Crippen LogP) is 4.20. The monoisotopic (exact) mass is 351 g/mol. The van der Waals surface area contributed by atoms with Crippen LogP contribution in [0, 0.1) is 5.92 Å². The molecule has 2 aromatic carbocycles. The van der Waals surface area contributed by atoms with E-state index in [-0.39, 0.29) is 5.91 Å². The summed E-state index contributed by atoms with van der Waals surface area (Å²) in [6, 6.07) is 14.0. The van der Waals surface area contributed by atoms with Crippen LogP contribution in [0.25, 0.3) is 0 Å². The number of nitrogens with two attached hydrogens (primary N) is 1. The topological polar surface area (TPSA) is 58.4 Å². The molecule has 0 fully saturated rings. The number of carbonyl (C=O) groups excluding carboxylic acids is 1. The second-order valence-electron chi connectivity index (χ2n) is 7.58. The fourth-order valence-electron chi connectivity index (χ4n) is 3.43. The van der Waals surface area contributed by atoms with E-state index in [0.717, 1.165) is 36.6 Å². The van der Waals surface area contributed by atoms with Crippen molar-refractivity contribution >= 4 is 17.3 Å². The third kappa shape index (κ3) is 4.64. The molecule has 4 heteroatoms. The van der Waals surface area contributed by atoms with E-state index in [2.05, 4.69) is 30.1 Å². The fraction of sp³-hybridized carbons (Fsp3) is 0.409. The average molecular weight is 351 g/mol. The maximum absolute atomic E-state index is 12.4. The minimum atomic E-state index is 0.0438. The molecule has 2 aromatic rings. The number of para-hydroxylation sites is 1. The molecular weight excluding hydrogens is 322 g/mol. The Bertz CT molecular complexity index is 770. The lowest BCUT2D eigenvalue weighted by Gasteiger charge is -2.16. The molecule has 1 heterocycles. The Balaban J connectivity index is 1.59. The Morgan fingerprint density at radius 3 is 2.73 bits per heavy atom. The lowest BCUT2D eigenvalue weighted by atomic mass is 10.1. The summed E-state index contributed by atoms with van der Waals surface area (Å²) in [6.45, 7) is 7.52.